The molecule has 2 atom stereocenters. The molecule has 2 aliphatic rings. The van der Waals surface area contributed by atoms with E-state index in [1.54, 1.807) is 4.90 Å². The minimum Gasteiger partial charge on any atom is -0.382 e. The third-order valence-electron chi connectivity index (χ3n) is 4.34. The van der Waals surface area contributed by atoms with E-state index in [-0.39, 0.29) is 5.91 Å². The van der Waals surface area contributed by atoms with Crippen LogP contribution in [0.2, 0.25) is 0 Å². The fourth-order valence-electron chi connectivity index (χ4n) is 2.78. The summed E-state index contributed by atoms with van der Waals surface area (Å²) in [6.45, 7) is 5.11. The lowest BCUT2D eigenvalue weighted by atomic mass is 10.3. The summed E-state index contributed by atoms with van der Waals surface area (Å²) >= 11 is 1.44. The second-order valence-electron chi connectivity index (χ2n) is 6.06. The number of nitrogens with two attached hydrogens (primary N) is 1. The molecule has 0 aromatic carbocycles. The summed E-state index contributed by atoms with van der Waals surface area (Å²) in [5.41, 5.74) is 5.95. The van der Waals surface area contributed by atoms with Crippen LogP contribution in [-0.2, 0) is 0 Å². The molecule has 3 rings (SSSR count). The lowest BCUT2D eigenvalue weighted by molar-refractivity contribution is 0.0792. The number of nitrogen functional groups attached to an aromatic ring is 1. The zero-order valence-corrected chi connectivity index (χ0v) is 12.9. The molecule has 2 N–H and O–H groups in total. The van der Waals surface area contributed by atoms with Crippen LogP contribution in [0.4, 0.5) is 10.9 Å². The van der Waals surface area contributed by atoms with Gasteiger partial charge in [-0.1, -0.05) is 18.3 Å². The van der Waals surface area contributed by atoms with Gasteiger partial charge in [0, 0.05) is 26.7 Å². The van der Waals surface area contributed by atoms with E-state index in [4.69, 9.17) is 5.73 Å². The maximum absolute atomic E-state index is 12.5. The van der Waals surface area contributed by atoms with Crippen molar-refractivity contribution < 1.29 is 4.79 Å². The van der Waals surface area contributed by atoms with E-state index < -0.39 is 0 Å². The molecular weight excluding hydrogens is 272 g/mol. The average molecular weight is 294 g/mol. The van der Waals surface area contributed by atoms with Crippen LogP contribution in [0, 0.1) is 11.8 Å². The first-order valence-corrected chi connectivity index (χ1v) is 8.14. The molecule has 1 aliphatic heterocycles. The van der Waals surface area contributed by atoms with Crippen molar-refractivity contribution in [3.05, 3.63) is 4.88 Å². The molecule has 1 aromatic rings. The lowest BCUT2D eigenvalue weighted by Gasteiger charge is -2.16. The Morgan fingerprint density at radius 1 is 1.50 bits per heavy atom. The molecule has 0 radical (unpaired) electrons. The quantitative estimate of drug-likeness (QED) is 0.923. The van der Waals surface area contributed by atoms with E-state index in [0.717, 1.165) is 30.7 Å². The molecule has 20 heavy (non-hydrogen) atoms. The molecule has 2 unspecified atom stereocenters. The molecule has 2 fully saturated rings. The van der Waals surface area contributed by atoms with Gasteiger partial charge in [-0.3, -0.25) is 4.79 Å². The van der Waals surface area contributed by atoms with Gasteiger partial charge < -0.3 is 15.5 Å². The first-order chi connectivity index (χ1) is 9.56. The Morgan fingerprint density at radius 3 is 2.75 bits per heavy atom. The normalized spacial score (nSPS) is 25.0. The minimum absolute atomic E-state index is 0.0181. The summed E-state index contributed by atoms with van der Waals surface area (Å²) in [5, 5.41) is 0.900. The first kappa shape index (κ1) is 13.7. The van der Waals surface area contributed by atoms with Gasteiger partial charge in [0.2, 0.25) is 0 Å². The number of amides is 1. The van der Waals surface area contributed by atoms with Gasteiger partial charge in [-0.15, -0.1) is 0 Å². The zero-order chi connectivity index (χ0) is 14.3. The first-order valence-electron chi connectivity index (χ1n) is 7.33. The SMILES string of the molecule is CC1CC1CN(C)C(=O)c1sc(N2CCCC2)nc1N. The summed E-state index contributed by atoms with van der Waals surface area (Å²) in [5.74, 6) is 1.82. The molecule has 1 aliphatic carbocycles. The molecule has 1 saturated heterocycles. The summed E-state index contributed by atoms with van der Waals surface area (Å²) < 4.78 is 0. The smallest absolute Gasteiger partial charge is 0.267 e. The second kappa shape index (κ2) is 5.24. The van der Waals surface area contributed by atoms with Crippen LogP contribution in [0.1, 0.15) is 35.9 Å². The number of thiazole rings is 1. The fourth-order valence-corrected chi connectivity index (χ4v) is 3.81. The van der Waals surface area contributed by atoms with E-state index in [1.165, 1.54) is 30.6 Å². The number of aromatic nitrogens is 1. The van der Waals surface area contributed by atoms with Gasteiger partial charge in [0.15, 0.2) is 5.13 Å². The standard InChI is InChI=1S/C14H22N4OS/c1-9-7-10(9)8-17(2)13(19)11-12(15)16-14(20-11)18-5-3-4-6-18/h9-10H,3-8,15H2,1-2H3. The van der Waals surface area contributed by atoms with E-state index >= 15 is 0 Å². The number of nitrogens with zero attached hydrogens (tertiary/aromatic N) is 3. The van der Waals surface area contributed by atoms with E-state index in [1.807, 2.05) is 7.05 Å². The highest BCUT2D eigenvalue weighted by Crippen LogP contribution is 2.38. The predicted octanol–water partition coefficient (Wildman–Crippen LogP) is 2.05. The minimum atomic E-state index is 0.0181. The van der Waals surface area contributed by atoms with Crippen molar-refractivity contribution in [2.24, 2.45) is 11.8 Å². The summed E-state index contributed by atoms with van der Waals surface area (Å²) in [4.78, 5) is 21.5. The molecule has 1 saturated carbocycles. The molecule has 6 heteroatoms. The van der Waals surface area contributed by atoms with Crippen molar-refractivity contribution in [3.8, 4) is 0 Å². The molecule has 0 spiro atoms. The van der Waals surface area contributed by atoms with E-state index in [0.29, 0.717) is 16.6 Å². The Hall–Kier alpha value is -1.30. The molecule has 1 aromatic heterocycles. The van der Waals surface area contributed by atoms with Gasteiger partial charge >= 0.3 is 0 Å². The zero-order valence-electron chi connectivity index (χ0n) is 12.1. The fraction of sp³-hybridized carbons (Fsp3) is 0.714. The third-order valence-corrected chi connectivity index (χ3v) is 5.46. The topological polar surface area (TPSA) is 62.5 Å². The number of rotatable bonds is 4. The largest absolute Gasteiger partial charge is 0.382 e. The van der Waals surface area contributed by atoms with Crippen LogP contribution in [0.3, 0.4) is 0 Å². The highest BCUT2D eigenvalue weighted by molar-refractivity contribution is 7.18. The van der Waals surface area contributed by atoms with Crippen LogP contribution >= 0.6 is 11.3 Å². The molecular formula is C14H22N4OS. The summed E-state index contributed by atoms with van der Waals surface area (Å²) in [7, 11) is 1.86. The van der Waals surface area contributed by atoms with Gasteiger partial charge in [0.05, 0.1) is 0 Å². The van der Waals surface area contributed by atoms with Gasteiger partial charge in [-0.2, -0.15) is 0 Å². The molecule has 2 heterocycles. The number of carbonyl (C=O) groups is 1. The average Bonchev–Trinajstić information content (AvgIpc) is 2.89. The number of carbonyl (C=O) groups excluding carboxylic acids is 1. The maximum atomic E-state index is 12.5. The van der Waals surface area contributed by atoms with Gasteiger partial charge in [-0.05, 0) is 31.1 Å². The predicted molar refractivity (Wildman–Crippen MR) is 82.2 cm³/mol. The summed E-state index contributed by atoms with van der Waals surface area (Å²) in [6.07, 6.45) is 3.62. The second-order valence-corrected chi connectivity index (χ2v) is 7.04. The van der Waals surface area contributed by atoms with Crippen molar-refractivity contribution >= 4 is 28.2 Å². The Balaban J connectivity index is 1.70. The van der Waals surface area contributed by atoms with Gasteiger partial charge in [-0.25, -0.2) is 4.98 Å². The maximum Gasteiger partial charge on any atom is 0.267 e. The van der Waals surface area contributed by atoms with Crippen LogP contribution < -0.4 is 10.6 Å². The van der Waals surface area contributed by atoms with Crippen molar-refractivity contribution in [3.63, 3.8) is 0 Å². The summed E-state index contributed by atoms with van der Waals surface area (Å²) in [6, 6.07) is 0. The Kier molecular flexibility index (Phi) is 3.58. The van der Waals surface area contributed by atoms with Crippen LogP contribution in [0.5, 0.6) is 0 Å². The lowest BCUT2D eigenvalue weighted by Crippen LogP contribution is -2.29. The van der Waals surface area contributed by atoms with E-state index in [9.17, 15) is 4.79 Å². The van der Waals surface area contributed by atoms with Gasteiger partial charge in [0.1, 0.15) is 10.7 Å². The molecule has 110 valence electrons. The Morgan fingerprint density at radius 2 is 2.15 bits per heavy atom. The van der Waals surface area contributed by atoms with Crippen LogP contribution in [0.15, 0.2) is 0 Å². The van der Waals surface area contributed by atoms with Gasteiger partial charge in [0.25, 0.3) is 5.91 Å². The monoisotopic (exact) mass is 294 g/mol. The Labute approximate surface area is 123 Å². The van der Waals surface area contributed by atoms with Crippen LogP contribution in [0.25, 0.3) is 0 Å². The van der Waals surface area contributed by atoms with Crippen molar-refractivity contribution in [1.82, 2.24) is 9.88 Å². The van der Waals surface area contributed by atoms with E-state index in [2.05, 4.69) is 16.8 Å². The number of anilines is 2. The van der Waals surface area contributed by atoms with Crippen LogP contribution in [-0.4, -0.2) is 42.5 Å². The number of hydrogen-bond donors (Lipinski definition) is 1. The van der Waals surface area contributed by atoms with Crippen molar-refractivity contribution in [1.29, 1.82) is 0 Å². The Bertz CT molecular complexity index is 509. The third kappa shape index (κ3) is 2.61. The van der Waals surface area contributed by atoms with Crippen molar-refractivity contribution in [2.45, 2.75) is 26.2 Å². The molecule has 5 nitrogen and oxygen atoms in total. The van der Waals surface area contributed by atoms with Crippen molar-refractivity contribution in [2.75, 3.05) is 37.3 Å². The number of hydrogen-bond acceptors (Lipinski definition) is 5. The highest BCUT2D eigenvalue weighted by atomic mass is 32.1. The molecule has 1 amide bonds. The highest BCUT2D eigenvalue weighted by Gasteiger charge is 2.35. The molecule has 0 bridgehead atoms.